The van der Waals surface area contributed by atoms with Crippen LogP contribution in [-0.2, 0) is 6.18 Å². The highest BCUT2D eigenvalue weighted by molar-refractivity contribution is 6.04. The van der Waals surface area contributed by atoms with E-state index in [0.29, 0.717) is 17.9 Å². The zero-order valence-electron chi connectivity index (χ0n) is 12.5. The molecule has 122 valence electrons. The fourth-order valence-corrected chi connectivity index (χ4v) is 1.90. The molecule has 0 aliphatic heterocycles. The molecule has 0 heterocycles. The van der Waals surface area contributed by atoms with Gasteiger partial charge in [0.1, 0.15) is 5.75 Å². The van der Waals surface area contributed by atoms with Crippen LogP contribution < -0.4 is 10.1 Å². The van der Waals surface area contributed by atoms with E-state index >= 15 is 0 Å². The van der Waals surface area contributed by atoms with E-state index in [1.54, 1.807) is 24.3 Å². The van der Waals surface area contributed by atoms with Gasteiger partial charge in [-0.3, -0.25) is 4.79 Å². The molecular weight excluding hydrogens is 307 g/mol. The Morgan fingerprint density at radius 3 is 2.43 bits per heavy atom. The van der Waals surface area contributed by atoms with Gasteiger partial charge in [-0.15, -0.1) is 0 Å². The highest BCUT2D eigenvalue weighted by atomic mass is 19.4. The molecule has 0 spiro atoms. The number of ether oxygens (including phenoxy) is 1. The molecule has 3 nitrogen and oxygen atoms in total. The molecule has 2 aromatic carbocycles. The molecular formula is C17H16F3NO2. The van der Waals surface area contributed by atoms with E-state index in [0.717, 1.165) is 18.6 Å². The standard InChI is InChI=1S/C17H16F3NO2/c1-2-10-23-15-8-6-12(7-9-15)16(22)21-14-5-3-4-13(11-14)17(18,19)20/h3-9,11H,2,10H2,1H3,(H,21,22). The Hall–Kier alpha value is -2.50. The Kier molecular flexibility index (Phi) is 5.26. The van der Waals surface area contributed by atoms with Crippen molar-refractivity contribution in [2.24, 2.45) is 0 Å². The second-order valence-electron chi connectivity index (χ2n) is 4.91. The number of nitrogens with one attached hydrogen (secondary N) is 1. The Morgan fingerprint density at radius 1 is 1.13 bits per heavy atom. The van der Waals surface area contributed by atoms with Gasteiger partial charge in [0.25, 0.3) is 5.91 Å². The van der Waals surface area contributed by atoms with Crippen molar-refractivity contribution < 1.29 is 22.7 Å². The van der Waals surface area contributed by atoms with E-state index in [1.807, 2.05) is 6.92 Å². The Balaban J connectivity index is 2.07. The van der Waals surface area contributed by atoms with Crippen LogP contribution in [0.3, 0.4) is 0 Å². The Morgan fingerprint density at radius 2 is 1.83 bits per heavy atom. The van der Waals surface area contributed by atoms with E-state index in [-0.39, 0.29) is 5.69 Å². The molecule has 6 heteroatoms. The van der Waals surface area contributed by atoms with Crippen LogP contribution in [0.15, 0.2) is 48.5 Å². The minimum Gasteiger partial charge on any atom is -0.494 e. The van der Waals surface area contributed by atoms with Crippen molar-refractivity contribution >= 4 is 11.6 Å². The van der Waals surface area contributed by atoms with E-state index in [1.165, 1.54) is 12.1 Å². The number of rotatable bonds is 5. The third kappa shape index (κ3) is 4.74. The smallest absolute Gasteiger partial charge is 0.416 e. The van der Waals surface area contributed by atoms with E-state index < -0.39 is 17.6 Å². The summed E-state index contributed by atoms with van der Waals surface area (Å²) in [5, 5.41) is 2.45. The molecule has 0 bridgehead atoms. The topological polar surface area (TPSA) is 38.3 Å². The van der Waals surface area contributed by atoms with Gasteiger partial charge in [0.2, 0.25) is 0 Å². The summed E-state index contributed by atoms with van der Waals surface area (Å²) in [6.45, 7) is 2.56. The van der Waals surface area contributed by atoms with Crippen molar-refractivity contribution in [3.63, 3.8) is 0 Å². The van der Waals surface area contributed by atoms with Crippen LogP contribution in [0.25, 0.3) is 0 Å². The summed E-state index contributed by atoms with van der Waals surface area (Å²) < 4.78 is 43.3. The van der Waals surface area contributed by atoms with Gasteiger partial charge < -0.3 is 10.1 Å². The molecule has 0 aliphatic rings. The maximum absolute atomic E-state index is 12.6. The first-order valence-corrected chi connectivity index (χ1v) is 7.11. The summed E-state index contributed by atoms with van der Waals surface area (Å²) in [6.07, 6.45) is -3.57. The molecule has 2 rings (SSSR count). The normalized spacial score (nSPS) is 11.1. The molecule has 23 heavy (non-hydrogen) atoms. The van der Waals surface area contributed by atoms with Gasteiger partial charge in [0.15, 0.2) is 0 Å². The number of carbonyl (C=O) groups is 1. The first kappa shape index (κ1) is 16.9. The zero-order valence-corrected chi connectivity index (χ0v) is 12.5. The molecule has 0 unspecified atom stereocenters. The summed E-state index contributed by atoms with van der Waals surface area (Å²) in [5.41, 5.74) is -0.374. The Labute approximate surface area is 132 Å². The van der Waals surface area contributed by atoms with Crippen molar-refractivity contribution in [3.8, 4) is 5.75 Å². The van der Waals surface area contributed by atoms with Crippen LogP contribution >= 0.6 is 0 Å². The maximum Gasteiger partial charge on any atom is 0.416 e. The largest absolute Gasteiger partial charge is 0.494 e. The predicted molar refractivity (Wildman–Crippen MR) is 81.6 cm³/mol. The minimum absolute atomic E-state index is 0.0936. The molecule has 0 atom stereocenters. The van der Waals surface area contributed by atoms with Crippen molar-refractivity contribution in [1.29, 1.82) is 0 Å². The lowest BCUT2D eigenvalue weighted by molar-refractivity contribution is -0.137. The molecule has 1 amide bonds. The average molecular weight is 323 g/mol. The molecule has 0 radical (unpaired) electrons. The van der Waals surface area contributed by atoms with Gasteiger partial charge >= 0.3 is 6.18 Å². The van der Waals surface area contributed by atoms with Crippen LogP contribution in [0.1, 0.15) is 29.3 Å². The summed E-state index contributed by atoms with van der Waals surface area (Å²) in [7, 11) is 0. The van der Waals surface area contributed by atoms with Gasteiger partial charge in [-0.2, -0.15) is 13.2 Å². The zero-order chi connectivity index (χ0) is 16.9. The van der Waals surface area contributed by atoms with Gasteiger partial charge in [-0.1, -0.05) is 13.0 Å². The second kappa shape index (κ2) is 7.17. The second-order valence-corrected chi connectivity index (χ2v) is 4.91. The van der Waals surface area contributed by atoms with Gasteiger partial charge in [0.05, 0.1) is 12.2 Å². The molecule has 1 N–H and O–H groups in total. The molecule has 2 aromatic rings. The SMILES string of the molecule is CCCOc1ccc(C(=O)Nc2cccc(C(F)(F)F)c2)cc1. The highest BCUT2D eigenvalue weighted by Crippen LogP contribution is 2.30. The van der Waals surface area contributed by atoms with Crippen LogP contribution in [-0.4, -0.2) is 12.5 Å². The number of alkyl halides is 3. The summed E-state index contributed by atoms with van der Waals surface area (Å²) >= 11 is 0. The first-order chi connectivity index (χ1) is 10.9. The van der Waals surface area contributed by atoms with Gasteiger partial charge in [0, 0.05) is 11.3 Å². The first-order valence-electron chi connectivity index (χ1n) is 7.11. The van der Waals surface area contributed by atoms with Gasteiger partial charge in [-0.05, 0) is 48.9 Å². The van der Waals surface area contributed by atoms with E-state index in [4.69, 9.17) is 4.74 Å². The van der Waals surface area contributed by atoms with Crippen LogP contribution in [0.5, 0.6) is 5.75 Å². The monoisotopic (exact) mass is 323 g/mol. The van der Waals surface area contributed by atoms with E-state index in [9.17, 15) is 18.0 Å². The third-order valence-corrected chi connectivity index (χ3v) is 3.04. The number of anilines is 1. The highest BCUT2D eigenvalue weighted by Gasteiger charge is 2.30. The molecule has 0 saturated heterocycles. The third-order valence-electron chi connectivity index (χ3n) is 3.04. The van der Waals surface area contributed by atoms with Crippen LogP contribution in [0, 0.1) is 0 Å². The molecule has 0 fully saturated rings. The number of halogens is 3. The minimum atomic E-state index is -4.45. The van der Waals surface area contributed by atoms with Gasteiger partial charge in [-0.25, -0.2) is 0 Å². The molecule has 0 aromatic heterocycles. The summed E-state index contributed by atoms with van der Waals surface area (Å²) in [6, 6.07) is 10.9. The average Bonchev–Trinajstić information content (AvgIpc) is 2.53. The lowest BCUT2D eigenvalue weighted by Crippen LogP contribution is -2.13. The quantitative estimate of drug-likeness (QED) is 0.862. The van der Waals surface area contributed by atoms with Crippen molar-refractivity contribution in [1.82, 2.24) is 0 Å². The van der Waals surface area contributed by atoms with Crippen molar-refractivity contribution in [3.05, 3.63) is 59.7 Å². The fourth-order valence-electron chi connectivity index (χ4n) is 1.90. The lowest BCUT2D eigenvalue weighted by Gasteiger charge is -2.10. The van der Waals surface area contributed by atoms with Crippen LogP contribution in [0.2, 0.25) is 0 Å². The summed E-state index contributed by atoms with van der Waals surface area (Å²) in [4.78, 5) is 12.1. The molecule has 0 saturated carbocycles. The van der Waals surface area contributed by atoms with E-state index in [2.05, 4.69) is 5.32 Å². The van der Waals surface area contributed by atoms with Crippen molar-refractivity contribution in [2.45, 2.75) is 19.5 Å². The molecule has 0 aliphatic carbocycles. The number of carbonyl (C=O) groups excluding carboxylic acids is 1. The predicted octanol–water partition coefficient (Wildman–Crippen LogP) is 4.75. The number of amides is 1. The maximum atomic E-state index is 12.6. The van der Waals surface area contributed by atoms with Crippen molar-refractivity contribution in [2.75, 3.05) is 11.9 Å². The number of hydrogen-bond donors (Lipinski definition) is 1. The Bertz CT molecular complexity index is 666. The fraction of sp³-hybridized carbons (Fsp3) is 0.235. The number of hydrogen-bond acceptors (Lipinski definition) is 2. The number of benzene rings is 2. The summed E-state index contributed by atoms with van der Waals surface area (Å²) in [5.74, 6) is 0.161. The lowest BCUT2D eigenvalue weighted by atomic mass is 10.1. The van der Waals surface area contributed by atoms with Crippen LogP contribution in [0.4, 0.5) is 18.9 Å².